The van der Waals surface area contributed by atoms with Crippen molar-refractivity contribution in [1.29, 1.82) is 0 Å². The molecule has 0 aromatic carbocycles. The molecule has 6 nitrogen and oxygen atoms in total. The zero-order chi connectivity index (χ0) is 16.9. The van der Waals surface area contributed by atoms with Crippen molar-refractivity contribution in [2.24, 2.45) is 5.92 Å². The summed E-state index contributed by atoms with van der Waals surface area (Å²) in [4.78, 5) is 18.6. The van der Waals surface area contributed by atoms with Gasteiger partial charge in [0.2, 0.25) is 5.91 Å². The number of nitrogens with zero attached hydrogens (tertiary/aromatic N) is 4. The molecular formula is C18H24N4O2. The van der Waals surface area contributed by atoms with Crippen molar-refractivity contribution in [3.8, 4) is 0 Å². The van der Waals surface area contributed by atoms with E-state index in [4.69, 9.17) is 4.74 Å². The van der Waals surface area contributed by atoms with Crippen LogP contribution in [0.3, 0.4) is 0 Å². The van der Waals surface area contributed by atoms with Gasteiger partial charge in [-0.15, -0.1) is 0 Å². The summed E-state index contributed by atoms with van der Waals surface area (Å²) in [5.41, 5.74) is 2.34. The standard InChI is InChI=1S/C18H24N4O2/c1-14-9-20-22(10-14)8-5-18(23)21-11-16(13-24-2)17(12-21)15-3-6-19-7-4-15/h3-4,6-7,9-10,16-17H,5,8,11-13H2,1-2H3/t16-,17-/m0/s1. The Hall–Kier alpha value is -2.21. The Morgan fingerprint density at radius 1 is 1.33 bits per heavy atom. The second-order valence-electron chi connectivity index (χ2n) is 6.43. The maximum absolute atomic E-state index is 12.6. The Morgan fingerprint density at radius 2 is 2.12 bits per heavy atom. The molecule has 0 saturated carbocycles. The first-order chi connectivity index (χ1) is 11.7. The van der Waals surface area contributed by atoms with E-state index < -0.39 is 0 Å². The molecule has 2 atom stereocenters. The molecule has 6 heteroatoms. The van der Waals surface area contributed by atoms with Crippen molar-refractivity contribution >= 4 is 5.91 Å². The molecule has 0 aliphatic carbocycles. The number of carbonyl (C=O) groups excluding carboxylic acids is 1. The highest BCUT2D eigenvalue weighted by Crippen LogP contribution is 2.32. The van der Waals surface area contributed by atoms with Gasteiger partial charge in [-0.1, -0.05) is 0 Å². The number of hydrogen-bond donors (Lipinski definition) is 0. The molecule has 3 rings (SSSR count). The second-order valence-corrected chi connectivity index (χ2v) is 6.43. The highest BCUT2D eigenvalue weighted by molar-refractivity contribution is 5.76. The predicted molar refractivity (Wildman–Crippen MR) is 90.5 cm³/mol. The largest absolute Gasteiger partial charge is 0.384 e. The van der Waals surface area contributed by atoms with Gasteiger partial charge < -0.3 is 9.64 Å². The third kappa shape index (κ3) is 3.82. The number of carbonyl (C=O) groups is 1. The zero-order valence-electron chi connectivity index (χ0n) is 14.3. The summed E-state index contributed by atoms with van der Waals surface area (Å²) in [5, 5.41) is 4.24. The molecule has 0 unspecified atom stereocenters. The lowest BCUT2D eigenvalue weighted by Crippen LogP contribution is -2.30. The van der Waals surface area contributed by atoms with E-state index in [0.29, 0.717) is 31.4 Å². The van der Waals surface area contributed by atoms with Gasteiger partial charge in [0.15, 0.2) is 0 Å². The van der Waals surface area contributed by atoms with Crippen molar-refractivity contribution in [2.45, 2.75) is 25.8 Å². The lowest BCUT2D eigenvalue weighted by molar-refractivity contribution is -0.130. The predicted octanol–water partition coefficient (Wildman–Crippen LogP) is 1.87. The van der Waals surface area contributed by atoms with Crippen molar-refractivity contribution < 1.29 is 9.53 Å². The molecule has 0 bridgehead atoms. The number of pyridine rings is 1. The first-order valence-corrected chi connectivity index (χ1v) is 8.33. The first kappa shape index (κ1) is 16.6. The molecule has 128 valence electrons. The molecule has 1 amide bonds. The smallest absolute Gasteiger partial charge is 0.224 e. The van der Waals surface area contributed by atoms with Crippen LogP contribution < -0.4 is 0 Å². The minimum Gasteiger partial charge on any atom is -0.384 e. The van der Waals surface area contributed by atoms with E-state index in [2.05, 4.69) is 10.1 Å². The number of rotatable bonds is 6. The average Bonchev–Trinajstić information content (AvgIpc) is 3.20. The summed E-state index contributed by atoms with van der Waals surface area (Å²) in [6.45, 7) is 4.78. The van der Waals surface area contributed by atoms with Gasteiger partial charge in [0, 0.05) is 63.6 Å². The van der Waals surface area contributed by atoms with E-state index in [-0.39, 0.29) is 5.91 Å². The van der Waals surface area contributed by atoms with Crippen LogP contribution in [0.2, 0.25) is 0 Å². The molecule has 1 fully saturated rings. The van der Waals surface area contributed by atoms with E-state index in [9.17, 15) is 4.79 Å². The van der Waals surface area contributed by atoms with Crippen LogP contribution >= 0.6 is 0 Å². The molecular weight excluding hydrogens is 304 g/mol. The number of aryl methyl sites for hydroxylation is 2. The normalized spacial score (nSPS) is 20.5. The van der Waals surface area contributed by atoms with Crippen LogP contribution in [-0.4, -0.2) is 52.4 Å². The van der Waals surface area contributed by atoms with Gasteiger partial charge in [-0.25, -0.2) is 0 Å². The molecule has 0 N–H and O–H groups in total. The molecule has 24 heavy (non-hydrogen) atoms. The molecule has 0 spiro atoms. The summed E-state index contributed by atoms with van der Waals surface area (Å²) < 4.78 is 7.20. The molecule has 3 heterocycles. The van der Waals surface area contributed by atoms with Crippen LogP contribution in [0.1, 0.15) is 23.5 Å². The maximum atomic E-state index is 12.6. The van der Waals surface area contributed by atoms with Crippen LogP contribution in [0.25, 0.3) is 0 Å². The number of ether oxygens (including phenoxy) is 1. The van der Waals surface area contributed by atoms with E-state index >= 15 is 0 Å². The molecule has 1 aliphatic rings. The van der Waals surface area contributed by atoms with Crippen molar-refractivity contribution in [1.82, 2.24) is 19.7 Å². The third-order valence-corrected chi connectivity index (χ3v) is 4.63. The lowest BCUT2D eigenvalue weighted by Gasteiger charge is -2.17. The molecule has 0 radical (unpaired) electrons. The van der Waals surface area contributed by atoms with E-state index in [1.54, 1.807) is 7.11 Å². The highest BCUT2D eigenvalue weighted by Gasteiger charge is 2.35. The summed E-state index contributed by atoms with van der Waals surface area (Å²) in [5.74, 6) is 0.818. The van der Waals surface area contributed by atoms with Crippen LogP contribution in [0.15, 0.2) is 36.9 Å². The number of likely N-dealkylation sites (tertiary alicyclic amines) is 1. The van der Waals surface area contributed by atoms with Crippen LogP contribution in [0.4, 0.5) is 0 Å². The first-order valence-electron chi connectivity index (χ1n) is 8.33. The topological polar surface area (TPSA) is 60.2 Å². The minimum absolute atomic E-state index is 0.181. The molecule has 2 aromatic rings. The summed E-state index contributed by atoms with van der Waals surface area (Å²) >= 11 is 0. The van der Waals surface area contributed by atoms with Gasteiger partial charge >= 0.3 is 0 Å². The summed E-state index contributed by atoms with van der Waals surface area (Å²) in [7, 11) is 1.72. The fourth-order valence-corrected chi connectivity index (χ4v) is 3.40. The Kier molecular flexibility index (Phi) is 5.25. The number of aromatic nitrogens is 3. The Labute approximate surface area is 142 Å². The molecule has 1 aliphatic heterocycles. The van der Waals surface area contributed by atoms with Crippen molar-refractivity contribution in [2.75, 3.05) is 26.8 Å². The Balaban J connectivity index is 1.62. The summed E-state index contributed by atoms with van der Waals surface area (Å²) in [6.07, 6.45) is 7.87. The van der Waals surface area contributed by atoms with E-state index in [1.165, 1.54) is 5.56 Å². The van der Waals surface area contributed by atoms with Crippen LogP contribution in [0.5, 0.6) is 0 Å². The lowest BCUT2D eigenvalue weighted by atomic mass is 9.90. The van der Waals surface area contributed by atoms with Crippen LogP contribution in [-0.2, 0) is 16.1 Å². The second kappa shape index (κ2) is 7.57. The zero-order valence-corrected chi connectivity index (χ0v) is 14.3. The van der Waals surface area contributed by atoms with E-state index in [0.717, 1.165) is 18.7 Å². The minimum atomic E-state index is 0.181. The highest BCUT2D eigenvalue weighted by atomic mass is 16.5. The Morgan fingerprint density at radius 3 is 2.79 bits per heavy atom. The molecule has 1 saturated heterocycles. The van der Waals surface area contributed by atoms with Crippen molar-refractivity contribution in [3.63, 3.8) is 0 Å². The van der Waals surface area contributed by atoms with Gasteiger partial charge in [-0.3, -0.25) is 14.5 Å². The maximum Gasteiger partial charge on any atom is 0.224 e. The fourth-order valence-electron chi connectivity index (χ4n) is 3.40. The van der Waals surface area contributed by atoms with Gasteiger partial charge in [-0.05, 0) is 30.2 Å². The van der Waals surface area contributed by atoms with Gasteiger partial charge in [0.1, 0.15) is 0 Å². The number of methoxy groups -OCH3 is 1. The third-order valence-electron chi connectivity index (χ3n) is 4.63. The average molecular weight is 328 g/mol. The monoisotopic (exact) mass is 328 g/mol. The molecule has 2 aromatic heterocycles. The Bertz CT molecular complexity index is 671. The number of hydrogen-bond acceptors (Lipinski definition) is 4. The van der Waals surface area contributed by atoms with E-state index in [1.807, 2.05) is 53.4 Å². The van der Waals surface area contributed by atoms with Gasteiger partial charge in [0.05, 0.1) is 12.8 Å². The summed E-state index contributed by atoms with van der Waals surface area (Å²) in [6, 6.07) is 4.07. The van der Waals surface area contributed by atoms with Gasteiger partial charge in [-0.2, -0.15) is 5.10 Å². The quantitative estimate of drug-likeness (QED) is 0.812. The SMILES string of the molecule is COC[C@@H]1CN(C(=O)CCn2cc(C)cn2)C[C@H]1c1ccncc1. The number of amides is 1. The van der Waals surface area contributed by atoms with Gasteiger partial charge in [0.25, 0.3) is 0 Å². The van der Waals surface area contributed by atoms with Crippen molar-refractivity contribution in [3.05, 3.63) is 48.0 Å². The van der Waals surface area contributed by atoms with Crippen LogP contribution in [0, 0.1) is 12.8 Å². The fraction of sp³-hybridized carbons (Fsp3) is 0.500.